The van der Waals surface area contributed by atoms with Crippen LogP contribution in [0, 0.1) is 29.6 Å². The highest BCUT2D eigenvalue weighted by atomic mass is 16.7. The molecule has 4 saturated heterocycles. The summed E-state index contributed by atoms with van der Waals surface area (Å²) in [5.41, 5.74) is 0.198. The molecule has 0 radical (unpaired) electrons. The van der Waals surface area contributed by atoms with E-state index in [1.165, 1.54) is 0 Å². The van der Waals surface area contributed by atoms with Gasteiger partial charge in [0.15, 0.2) is 12.1 Å². The molecule has 58 heavy (non-hydrogen) atoms. The lowest BCUT2D eigenvalue weighted by Gasteiger charge is -2.48. The van der Waals surface area contributed by atoms with Gasteiger partial charge in [-0.1, -0.05) is 64.2 Å². The molecular formula is C46H67NO11. The van der Waals surface area contributed by atoms with E-state index in [0.717, 1.165) is 31.5 Å². The summed E-state index contributed by atoms with van der Waals surface area (Å²) in [6, 6.07) is 0. The quantitative estimate of drug-likeness (QED) is 0.252. The van der Waals surface area contributed by atoms with Gasteiger partial charge >= 0.3 is 5.97 Å². The number of nitrogens with zero attached hydrogens (tertiary/aromatic N) is 1. The van der Waals surface area contributed by atoms with Crippen molar-refractivity contribution in [2.24, 2.45) is 29.6 Å². The van der Waals surface area contributed by atoms with Crippen LogP contribution in [0.2, 0.25) is 0 Å². The van der Waals surface area contributed by atoms with Crippen LogP contribution >= 0.6 is 0 Å². The molecule has 1 amide bonds. The lowest BCUT2D eigenvalue weighted by Crippen LogP contribution is -2.58. The maximum Gasteiger partial charge on any atom is 0.316 e. The Labute approximate surface area is 344 Å². The molecule has 7 rings (SSSR count). The fraction of sp³-hybridized carbons (Fsp3) is 0.739. The summed E-state index contributed by atoms with van der Waals surface area (Å²) in [6.45, 7) is 15.9. The first-order chi connectivity index (χ1) is 27.6. The first-order valence-corrected chi connectivity index (χ1v) is 21.7. The lowest BCUT2D eigenvalue weighted by atomic mass is 9.71. The second kappa shape index (κ2) is 17.7. The number of carbonyl (C=O) groups excluding carboxylic acids is 2. The van der Waals surface area contributed by atoms with Crippen molar-refractivity contribution >= 4 is 11.9 Å². The Morgan fingerprint density at radius 2 is 1.79 bits per heavy atom. The number of methoxy groups -OCH3 is 1. The number of aliphatic hydroxyl groups is 2. The number of likely N-dealkylation sites (tertiary alicyclic amines) is 1. The van der Waals surface area contributed by atoms with Gasteiger partial charge in [0.05, 0.1) is 37.1 Å². The molecule has 6 aliphatic heterocycles. The Morgan fingerprint density at radius 3 is 2.52 bits per heavy atom. The minimum Gasteiger partial charge on any atom is -0.462 e. The summed E-state index contributed by atoms with van der Waals surface area (Å²) in [4.78, 5) is 29.4. The van der Waals surface area contributed by atoms with Gasteiger partial charge in [0.1, 0.15) is 29.8 Å². The van der Waals surface area contributed by atoms with Crippen molar-refractivity contribution in [2.75, 3.05) is 26.8 Å². The summed E-state index contributed by atoms with van der Waals surface area (Å²) in [5.74, 6) is -2.46. The van der Waals surface area contributed by atoms with Crippen molar-refractivity contribution in [3.05, 3.63) is 59.3 Å². The summed E-state index contributed by atoms with van der Waals surface area (Å²) >= 11 is 0. The van der Waals surface area contributed by atoms with E-state index in [1.807, 2.05) is 30.1 Å². The van der Waals surface area contributed by atoms with Crippen LogP contribution < -0.4 is 0 Å². The van der Waals surface area contributed by atoms with E-state index in [2.05, 4.69) is 46.8 Å². The van der Waals surface area contributed by atoms with Crippen molar-refractivity contribution in [3.8, 4) is 0 Å². The third-order valence-electron chi connectivity index (χ3n) is 13.8. The number of amides is 1. The first-order valence-electron chi connectivity index (χ1n) is 21.7. The minimum absolute atomic E-state index is 0.0458. The number of aliphatic hydroxyl groups excluding tert-OH is 1. The standard InChI is InChI=1S/C46H67NO11/c1-26(2)41-29(5)16-17-45(58-41)24-34-21-33(57-45)15-14-28(4)42(56-39-23-37(52-8)35(31(7)54-39)22-38(48)47-18-9-10-19-47)27(3)12-11-13-32-25-53-43-40(49)30(6)20-36(44(50)55-34)46(32,43)51/h11-14,16-17,20,26-27,29,31,33-37,39-43,49,51H,9-10,15,18-19,21-25H2,1-8H3/b12-11+,28-14+,32-13+/t27-,29-,31-,33+,34-,35-,36-,37-,39-,40+,41+,42-,43+,45+,46+/m0/s1. The van der Waals surface area contributed by atoms with Crippen LogP contribution in [0.3, 0.4) is 0 Å². The predicted octanol–water partition coefficient (Wildman–Crippen LogP) is 5.72. The molecule has 6 heterocycles. The molecule has 0 aromatic heterocycles. The minimum atomic E-state index is -1.82. The second-order valence-corrected chi connectivity index (χ2v) is 18.4. The smallest absolute Gasteiger partial charge is 0.316 e. The molecule has 0 aromatic rings. The molecule has 4 fully saturated rings. The number of ether oxygens (including phenoxy) is 7. The topological polar surface area (TPSA) is 142 Å². The van der Waals surface area contributed by atoms with Crippen LogP contribution in [-0.4, -0.2) is 120 Å². The molecule has 1 aliphatic carbocycles. The number of hydrogen-bond acceptors (Lipinski definition) is 11. The molecule has 0 aromatic carbocycles. The zero-order valence-electron chi connectivity index (χ0n) is 35.7. The zero-order chi connectivity index (χ0) is 41.5. The molecule has 0 unspecified atom stereocenters. The number of hydrogen-bond donors (Lipinski definition) is 2. The van der Waals surface area contributed by atoms with E-state index in [0.29, 0.717) is 43.3 Å². The van der Waals surface area contributed by atoms with E-state index in [-0.39, 0.29) is 60.6 Å². The van der Waals surface area contributed by atoms with Gasteiger partial charge in [0.25, 0.3) is 0 Å². The second-order valence-electron chi connectivity index (χ2n) is 18.4. The average molecular weight is 810 g/mol. The Hall–Kier alpha value is -2.68. The molecule has 0 saturated carbocycles. The van der Waals surface area contributed by atoms with E-state index in [4.69, 9.17) is 33.2 Å². The highest BCUT2D eigenvalue weighted by Crippen LogP contribution is 2.47. The first kappa shape index (κ1) is 43.4. The van der Waals surface area contributed by atoms with Crippen LogP contribution in [-0.2, 0) is 42.7 Å². The Balaban J connectivity index is 1.20. The van der Waals surface area contributed by atoms with Crippen molar-refractivity contribution in [1.29, 1.82) is 0 Å². The Morgan fingerprint density at radius 1 is 1.03 bits per heavy atom. The maximum atomic E-state index is 14.3. The van der Waals surface area contributed by atoms with Gasteiger partial charge in [-0.25, -0.2) is 0 Å². The molecule has 2 N–H and O–H groups in total. The van der Waals surface area contributed by atoms with Gasteiger partial charge in [-0.15, -0.1) is 0 Å². The Kier molecular flexibility index (Phi) is 13.3. The Bertz CT molecular complexity index is 1660. The molecule has 1 spiro atoms. The number of esters is 1. The monoisotopic (exact) mass is 809 g/mol. The maximum absolute atomic E-state index is 14.3. The van der Waals surface area contributed by atoms with Gasteiger partial charge in [-0.2, -0.15) is 0 Å². The van der Waals surface area contributed by atoms with Crippen LogP contribution in [0.15, 0.2) is 59.3 Å². The fourth-order valence-electron chi connectivity index (χ4n) is 10.4. The summed E-state index contributed by atoms with van der Waals surface area (Å²) in [5, 5.41) is 23.6. The molecule has 322 valence electrons. The van der Waals surface area contributed by atoms with Gasteiger partial charge in [-0.05, 0) is 68.7 Å². The largest absolute Gasteiger partial charge is 0.462 e. The molecule has 15 atom stereocenters. The van der Waals surface area contributed by atoms with Gasteiger partial charge in [0.2, 0.25) is 5.91 Å². The third-order valence-corrected chi connectivity index (χ3v) is 13.8. The number of fused-ring (bicyclic) bond motifs is 2. The van der Waals surface area contributed by atoms with Crippen molar-refractivity contribution in [1.82, 2.24) is 4.90 Å². The lowest BCUT2D eigenvalue weighted by molar-refractivity contribution is -0.299. The van der Waals surface area contributed by atoms with Crippen LogP contribution in [0.5, 0.6) is 0 Å². The molecule has 7 aliphatic rings. The average Bonchev–Trinajstić information content (AvgIpc) is 3.85. The van der Waals surface area contributed by atoms with Crippen molar-refractivity contribution in [2.45, 2.75) is 160 Å². The molecule has 12 heteroatoms. The van der Waals surface area contributed by atoms with E-state index >= 15 is 0 Å². The van der Waals surface area contributed by atoms with Crippen LogP contribution in [0.1, 0.15) is 93.4 Å². The van der Waals surface area contributed by atoms with Crippen LogP contribution in [0.4, 0.5) is 0 Å². The van der Waals surface area contributed by atoms with Gasteiger partial charge in [0, 0.05) is 63.6 Å². The zero-order valence-corrected chi connectivity index (χ0v) is 35.7. The number of rotatable bonds is 6. The van der Waals surface area contributed by atoms with Crippen molar-refractivity contribution in [3.63, 3.8) is 0 Å². The van der Waals surface area contributed by atoms with E-state index in [1.54, 1.807) is 26.2 Å². The van der Waals surface area contributed by atoms with E-state index in [9.17, 15) is 19.8 Å². The number of carbonyl (C=O) groups is 2. The predicted molar refractivity (Wildman–Crippen MR) is 216 cm³/mol. The fourth-order valence-corrected chi connectivity index (χ4v) is 10.4. The van der Waals surface area contributed by atoms with E-state index < -0.39 is 54.0 Å². The highest BCUT2D eigenvalue weighted by Gasteiger charge is 2.60. The van der Waals surface area contributed by atoms with Crippen LogP contribution in [0.25, 0.3) is 0 Å². The SMILES string of the molecule is CO[C@H]1C[C@H](O[C@@H]2/C(C)=C/C[C@@H]3C[C@@H](C[C@]4(C=C[C@H](C)[C@@H](C(C)C)O4)O3)OC(=O)[C@@H]3C=C(C)[C@@H](O)[C@H]4OC/C(=C\C=C\[C@@H]2C)[C@]43O)O[C@@H](C)[C@@H]1CC(=O)N1CCCC1. The van der Waals surface area contributed by atoms with Gasteiger partial charge < -0.3 is 48.3 Å². The summed E-state index contributed by atoms with van der Waals surface area (Å²) in [6.07, 6.45) is 13.1. The van der Waals surface area contributed by atoms with Gasteiger partial charge in [-0.3, -0.25) is 9.59 Å². The molecule has 2 bridgehead atoms. The highest BCUT2D eigenvalue weighted by molar-refractivity contribution is 5.79. The number of allylic oxidation sites excluding steroid dienone is 2. The van der Waals surface area contributed by atoms with Crippen molar-refractivity contribution < 1.29 is 53.0 Å². The normalized spacial score (nSPS) is 45.8. The molecule has 12 nitrogen and oxygen atoms in total. The summed E-state index contributed by atoms with van der Waals surface area (Å²) in [7, 11) is 1.69. The summed E-state index contributed by atoms with van der Waals surface area (Å²) < 4.78 is 45.5. The third kappa shape index (κ3) is 8.73. The molecular weight excluding hydrogens is 743 g/mol.